The number of nitrogens with zero attached hydrogens (tertiary/aromatic N) is 1. The zero-order valence-corrected chi connectivity index (χ0v) is 15.2. The smallest absolute Gasteiger partial charge is 0.263 e. The summed E-state index contributed by atoms with van der Waals surface area (Å²) in [4.78, 5) is 12.5. The summed E-state index contributed by atoms with van der Waals surface area (Å²) in [6.45, 7) is 8.39. The number of benzene rings is 1. The molecule has 1 amide bonds. The molecule has 0 spiro atoms. The zero-order valence-electron chi connectivity index (χ0n) is 13.6. The van der Waals surface area contributed by atoms with Gasteiger partial charge in [-0.2, -0.15) is 0 Å². The second-order valence-electron chi connectivity index (χ2n) is 5.78. The van der Waals surface area contributed by atoms with Crippen molar-refractivity contribution in [2.45, 2.75) is 27.7 Å². The molecule has 0 unspecified atom stereocenters. The molecule has 23 heavy (non-hydrogen) atoms. The van der Waals surface area contributed by atoms with Crippen LogP contribution in [0.3, 0.4) is 0 Å². The van der Waals surface area contributed by atoms with Gasteiger partial charge in [0, 0.05) is 17.1 Å². The van der Waals surface area contributed by atoms with Crippen molar-refractivity contribution < 1.29 is 4.79 Å². The predicted molar refractivity (Wildman–Crippen MR) is 101 cm³/mol. The van der Waals surface area contributed by atoms with Gasteiger partial charge in [0.25, 0.3) is 5.91 Å². The maximum Gasteiger partial charge on any atom is 0.263 e. The van der Waals surface area contributed by atoms with E-state index >= 15 is 0 Å². The summed E-state index contributed by atoms with van der Waals surface area (Å²) < 4.78 is 2.73. The van der Waals surface area contributed by atoms with Crippen LogP contribution in [0.15, 0.2) is 29.2 Å². The van der Waals surface area contributed by atoms with E-state index in [9.17, 15) is 4.79 Å². The van der Waals surface area contributed by atoms with Crippen molar-refractivity contribution in [2.24, 2.45) is 0 Å². The SMILES string of the molecule is Cc1ccc(-n2c(C)cc(/C=C3\SC(=S)NC3=O)c2C)cc1C. The van der Waals surface area contributed by atoms with Gasteiger partial charge in [-0.15, -0.1) is 0 Å². The highest BCUT2D eigenvalue weighted by Crippen LogP contribution is 2.29. The van der Waals surface area contributed by atoms with E-state index < -0.39 is 0 Å². The molecule has 1 aliphatic rings. The summed E-state index contributed by atoms with van der Waals surface area (Å²) >= 11 is 6.36. The molecule has 0 radical (unpaired) electrons. The molecule has 0 bridgehead atoms. The van der Waals surface area contributed by atoms with Gasteiger partial charge in [-0.1, -0.05) is 30.0 Å². The summed E-state index contributed by atoms with van der Waals surface area (Å²) in [7, 11) is 0. The largest absolute Gasteiger partial charge is 0.318 e. The van der Waals surface area contributed by atoms with Crippen LogP contribution in [0.5, 0.6) is 0 Å². The second kappa shape index (κ2) is 5.98. The molecule has 0 saturated carbocycles. The van der Waals surface area contributed by atoms with E-state index in [4.69, 9.17) is 12.2 Å². The first-order valence-corrected chi connectivity index (χ1v) is 8.60. The van der Waals surface area contributed by atoms with E-state index in [0.29, 0.717) is 9.23 Å². The Morgan fingerprint density at radius 1 is 1.13 bits per heavy atom. The highest BCUT2D eigenvalue weighted by atomic mass is 32.2. The Bertz CT molecular complexity index is 862. The third-order valence-electron chi connectivity index (χ3n) is 4.15. The fourth-order valence-electron chi connectivity index (χ4n) is 2.76. The lowest BCUT2D eigenvalue weighted by Crippen LogP contribution is -2.17. The molecule has 118 valence electrons. The first-order chi connectivity index (χ1) is 10.9. The van der Waals surface area contributed by atoms with Gasteiger partial charge in [0.2, 0.25) is 0 Å². The Kier molecular flexibility index (Phi) is 4.17. The van der Waals surface area contributed by atoms with Crippen molar-refractivity contribution in [3.63, 3.8) is 0 Å². The second-order valence-corrected chi connectivity index (χ2v) is 7.50. The molecule has 5 heteroatoms. The third-order valence-corrected chi connectivity index (χ3v) is 5.31. The minimum Gasteiger partial charge on any atom is -0.318 e. The van der Waals surface area contributed by atoms with Crippen LogP contribution in [0, 0.1) is 27.7 Å². The summed E-state index contributed by atoms with van der Waals surface area (Å²) in [6.07, 6.45) is 1.92. The molecule has 1 saturated heterocycles. The van der Waals surface area contributed by atoms with Gasteiger partial charge in [0.15, 0.2) is 0 Å². The van der Waals surface area contributed by atoms with E-state index in [1.54, 1.807) is 0 Å². The monoisotopic (exact) mass is 342 g/mol. The van der Waals surface area contributed by atoms with E-state index in [1.165, 1.54) is 22.9 Å². The lowest BCUT2D eigenvalue weighted by molar-refractivity contribution is -0.115. The number of thioether (sulfide) groups is 1. The van der Waals surface area contributed by atoms with Crippen LogP contribution in [0.2, 0.25) is 0 Å². The minimum atomic E-state index is -0.115. The average molecular weight is 342 g/mol. The Hall–Kier alpha value is -1.85. The molecule has 0 aliphatic carbocycles. The van der Waals surface area contributed by atoms with Crippen molar-refractivity contribution in [1.29, 1.82) is 0 Å². The van der Waals surface area contributed by atoms with Crippen LogP contribution in [0.4, 0.5) is 0 Å². The van der Waals surface area contributed by atoms with Crippen LogP contribution in [0.25, 0.3) is 11.8 Å². The van der Waals surface area contributed by atoms with Crippen molar-refractivity contribution >= 4 is 40.3 Å². The summed E-state index contributed by atoms with van der Waals surface area (Å²) in [5, 5.41) is 2.65. The summed E-state index contributed by atoms with van der Waals surface area (Å²) in [5.74, 6) is -0.115. The van der Waals surface area contributed by atoms with Gasteiger partial charge >= 0.3 is 0 Å². The fraction of sp³-hybridized carbons (Fsp3) is 0.222. The van der Waals surface area contributed by atoms with E-state index in [1.807, 2.05) is 6.08 Å². The standard InChI is InChI=1S/C18H18N2OS2/c1-10-5-6-15(7-11(10)2)20-12(3)8-14(13(20)4)9-16-17(21)19-18(22)23-16/h5-9H,1-4H3,(H,19,21,22)/b16-9-. The Morgan fingerprint density at radius 2 is 1.87 bits per heavy atom. The molecule has 1 fully saturated rings. The van der Waals surface area contributed by atoms with E-state index in [2.05, 4.69) is 61.8 Å². The van der Waals surface area contributed by atoms with Crippen molar-refractivity contribution in [2.75, 3.05) is 0 Å². The first kappa shape index (κ1) is 16.0. The average Bonchev–Trinajstić information content (AvgIpc) is 2.93. The number of rotatable bonds is 2. The van der Waals surface area contributed by atoms with Crippen molar-refractivity contribution in [3.05, 3.63) is 57.2 Å². The number of thiocarbonyl (C=S) groups is 1. The molecule has 1 aliphatic heterocycles. The molecule has 3 rings (SSSR count). The Morgan fingerprint density at radius 3 is 2.48 bits per heavy atom. The number of aromatic nitrogens is 1. The van der Waals surface area contributed by atoms with Crippen LogP contribution in [0.1, 0.15) is 28.1 Å². The summed E-state index contributed by atoms with van der Waals surface area (Å²) in [5.41, 5.74) is 7.00. The molecule has 2 heterocycles. The predicted octanol–water partition coefficient (Wildman–Crippen LogP) is 4.20. The van der Waals surface area contributed by atoms with E-state index in [-0.39, 0.29) is 5.91 Å². The number of aryl methyl sites for hydroxylation is 3. The van der Waals surface area contributed by atoms with Gasteiger partial charge < -0.3 is 9.88 Å². The number of hydrogen-bond donors (Lipinski definition) is 1. The highest BCUT2D eigenvalue weighted by molar-refractivity contribution is 8.26. The van der Waals surface area contributed by atoms with Crippen molar-refractivity contribution in [1.82, 2.24) is 9.88 Å². The summed E-state index contributed by atoms with van der Waals surface area (Å²) in [6, 6.07) is 8.57. The molecule has 1 aromatic heterocycles. The van der Waals surface area contributed by atoms with Gasteiger partial charge in [-0.25, -0.2) is 0 Å². The van der Waals surface area contributed by atoms with Gasteiger partial charge in [-0.05, 0) is 68.7 Å². The Balaban J connectivity index is 2.06. The molecular formula is C18H18N2OS2. The number of amides is 1. The number of nitrogens with one attached hydrogen (secondary N) is 1. The number of hydrogen-bond acceptors (Lipinski definition) is 3. The van der Waals surface area contributed by atoms with Crippen LogP contribution in [-0.2, 0) is 4.79 Å². The number of carbonyl (C=O) groups is 1. The maximum atomic E-state index is 11.8. The third kappa shape index (κ3) is 2.99. The zero-order chi connectivity index (χ0) is 16.7. The van der Waals surface area contributed by atoms with Crippen LogP contribution in [-0.4, -0.2) is 14.8 Å². The lowest BCUT2D eigenvalue weighted by atomic mass is 10.1. The maximum absolute atomic E-state index is 11.8. The quantitative estimate of drug-likeness (QED) is 0.656. The number of carbonyl (C=O) groups excluding carboxylic acids is 1. The van der Waals surface area contributed by atoms with Gasteiger partial charge in [0.05, 0.1) is 4.91 Å². The van der Waals surface area contributed by atoms with E-state index in [0.717, 1.165) is 22.6 Å². The van der Waals surface area contributed by atoms with Gasteiger partial charge in [0.1, 0.15) is 4.32 Å². The minimum absolute atomic E-state index is 0.115. The van der Waals surface area contributed by atoms with Crippen LogP contribution < -0.4 is 5.32 Å². The molecule has 1 aromatic carbocycles. The first-order valence-electron chi connectivity index (χ1n) is 7.38. The fourth-order valence-corrected chi connectivity index (χ4v) is 3.79. The van der Waals surface area contributed by atoms with Crippen molar-refractivity contribution in [3.8, 4) is 5.69 Å². The van der Waals surface area contributed by atoms with Crippen LogP contribution >= 0.6 is 24.0 Å². The molecule has 1 N–H and O–H groups in total. The Labute approximate surface area is 145 Å². The molecule has 2 aromatic rings. The lowest BCUT2D eigenvalue weighted by Gasteiger charge is -2.11. The molecule has 3 nitrogen and oxygen atoms in total. The molecule has 0 atom stereocenters. The van der Waals surface area contributed by atoms with Gasteiger partial charge in [-0.3, -0.25) is 4.79 Å². The molecular weight excluding hydrogens is 324 g/mol. The normalized spacial score (nSPS) is 16.3. The topological polar surface area (TPSA) is 34.0 Å². The highest BCUT2D eigenvalue weighted by Gasteiger charge is 2.23.